The van der Waals surface area contributed by atoms with E-state index >= 15 is 0 Å². The van der Waals surface area contributed by atoms with E-state index in [-0.39, 0.29) is 5.91 Å². The van der Waals surface area contributed by atoms with Gasteiger partial charge >= 0.3 is 0 Å². The van der Waals surface area contributed by atoms with Crippen molar-refractivity contribution < 1.29 is 4.79 Å². The molecule has 0 saturated carbocycles. The summed E-state index contributed by atoms with van der Waals surface area (Å²) in [5.41, 5.74) is 2.44. The van der Waals surface area contributed by atoms with E-state index in [0.717, 1.165) is 32.6 Å². The number of carbonyl (C=O) groups excluding carboxylic acids is 1. The first-order valence-electron chi connectivity index (χ1n) is 9.37. The van der Waals surface area contributed by atoms with E-state index in [4.69, 9.17) is 0 Å². The Balaban J connectivity index is 1.87. The summed E-state index contributed by atoms with van der Waals surface area (Å²) in [6.45, 7) is 13.9. The van der Waals surface area contributed by atoms with Crippen molar-refractivity contribution in [3.8, 4) is 0 Å². The maximum absolute atomic E-state index is 12.7. The van der Waals surface area contributed by atoms with Crippen molar-refractivity contribution in [2.24, 2.45) is 0 Å². The zero-order valence-corrected chi connectivity index (χ0v) is 16.1. The molecule has 1 aliphatic rings. The van der Waals surface area contributed by atoms with Crippen LogP contribution in [0.5, 0.6) is 0 Å². The van der Waals surface area contributed by atoms with Crippen molar-refractivity contribution >= 4 is 5.91 Å². The van der Waals surface area contributed by atoms with Gasteiger partial charge in [-0.3, -0.25) is 9.69 Å². The standard InChI is InChI=1S/C21H33N3O/c1-5-12-24(17-20-9-7-6-8-18(20)2)21(25)11-10-19(3)23-15-13-22(4)14-16-23/h5-9,19H,1,10-17H2,2-4H3/t19-/m0/s1. The van der Waals surface area contributed by atoms with E-state index in [1.165, 1.54) is 11.1 Å². The van der Waals surface area contributed by atoms with Gasteiger partial charge in [-0.1, -0.05) is 30.3 Å². The van der Waals surface area contributed by atoms with Crippen LogP contribution in [0.1, 0.15) is 30.9 Å². The number of piperazine rings is 1. The van der Waals surface area contributed by atoms with Crippen LogP contribution in [-0.4, -0.2) is 66.4 Å². The predicted octanol–water partition coefficient (Wildman–Crippen LogP) is 2.93. The van der Waals surface area contributed by atoms with Crippen molar-refractivity contribution in [2.45, 2.75) is 39.3 Å². The Morgan fingerprint density at radius 3 is 2.60 bits per heavy atom. The van der Waals surface area contributed by atoms with E-state index in [1.807, 2.05) is 23.1 Å². The summed E-state index contributed by atoms with van der Waals surface area (Å²) in [4.78, 5) is 19.5. The van der Waals surface area contributed by atoms with Crippen LogP contribution in [-0.2, 0) is 11.3 Å². The molecular weight excluding hydrogens is 310 g/mol. The third kappa shape index (κ3) is 5.98. The first-order valence-corrected chi connectivity index (χ1v) is 9.37. The van der Waals surface area contributed by atoms with Crippen LogP contribution in [0.2, 0.25) is 0 Å². The highest BCUT2D eigenvalue weighted by Crippen LogP contribution is 2.14. The minimum atomic E-state index is 0.226. The molecule has 1 aliphatic heterocycles. The molecule has 0 N–H and O–H groups in total. The summed E-state index contributed by atoms with van der Waals surface area (Å²) in [5.74, 6) is 0.226. The number of aryl methyl sites for hydroxylation is 1. The molecule has 0 bridgehead atoms. The third-order valence-electron chi connectivity index (χ3n) is 5.26. The molecule has 4 heteroatoms. The Labute approximate surface area is 153 Å². The van der Waals surface area contributed by atoms with E-state index in [1.54, 1.807) is 0 Å². The molecule has 1 amide bonds. The van der Waals surface area contributed by atoms with E-state index in [2.05, 4.69) is 49.4 Å². The van der Waals surface area contributed by atoms with E-state index in [9.17, 15) is 4.79 Å². The van der Waals surface area contributed by atoms with Crippen LogP contribution in [0.3, 0.4) is 0 Å². The Morgan fingerprint density at radius 2 is 1.96 bits per heavy atom. The molecule has 25 heavy (non-hydrogen) atoms. The highest BCUT2D eigenvalue weighted by Gasteiger charge is 2.21. The minimum Gasteiger partial charge on any atom is -0.335 e. The van der Waals surface area contributed by atoms with Gasteiger partial charge in [0.1, 0.15) is 0 Å². The maximum atomic E-state index is 12.7. The van der Waals surface area contributed by atoms with Crippen molar-refractivity contribution in [1.82, 2.24) is 14.7 Å². The lowest BCUT2D eigenvalue weighted by Gasteiger charge is -2.36. The SMILES string of the molecule is C=CCN(Cc1ccccc1C)C(=O)CC[C@H](C)N1CCN(C)CC1. The highest BCUT2D eigenvalue weighted by molar-refractivity contribution is 5.76. The van der Waals surface area contributed by atoms with Crippen LogP contribution in [0.4, 0.5) is 0 Å². The number of hydrogen-bond acceptors (Lipinski definition) is 3. The highest BCUT2D eigenvalue weighted by atomic mass is 16.2. The van der Waals surface area contributed by atoms with Crippen molar-refractivity contribution in [1.29, 1.82) is 0 Å². The average molecular weight is 344 g/mol. The number of nitrogens with zero attached hydrogens (tertiary/aromatic N) is 3. The summed E-state index contributed by atoms with van der Waals surface area (Å²) in [5, 5.41) is 0. The zero-order valence-electron chi connectivity index (χ0n) is 16.1. The number of amides is 1. The molecule has 4 nitrogen and oxygen atoms in total. The van der Waals surface area contributed by atoms with Crippen molar-refractivity contribution in [2.75, 3.05) is 39.8 Å². The molecule has 1 fully saturated rings. The minimum absolute atomic E-state index is 0.226. The van der Waals surface area contributed by atoms with Crippen LogP contribution in [0, 0.1) is 6.92 Å². The normalized spacial score (nSPS) is 17.2. The van der Waals surface area contributed by atoms with Crippen LogP contribution in [0.25, 0.3) is 0 Å². The number of likely N-dealkylation sites (N-methyl/N-ethyl adjacent to an activating group) is 1. The van der Waals surface area contributed by atoms with Gasteiger partial charge in [-0.2, -0.15) is 0 Å². The average Bonchev–Trinajstić information content (AvgIpc) is 2.61. The third-order valence-corrected chi connectivity index (χ3v) is 5.26. The van der Waals surface area contributed by atoms with E-state index < -0.39 is 0 Å². The molecule has 1 heterocycles. The van der Waals surface area contributed by atoms with E-state index in [0.29, 0.717) is 25.6 Å². The fourth-order valence-electron chi connectivity index (χ4n) is 3.34. The molecule has 138 valence electrons. The Bertz CT molecular complexity index is 564. The van der Waals surface area contributed by atoms with Crippen LogP contribution in [0.15, 0.2) is 36.9 Å². The molecule has 1 aromatic carbocycles. The second-order valence-corrected chi connectivity index (χ2v) is 7.22. The fraction of sp³-hybridized carbons (Fsp3) is 0.571. The Hall–Kier alpha value is -1.65. The largest absolute Gasteiger partial charge is 0.335 e. The molecule has 2 rings (SSSR count). The van der Waals surface area contributed by atoms with Gasteiger partial charge in [-0.05, 0) is 38.4 Å². The Morgan fingerprint density at radius 1 is 1.28 bits per heavy atom. The van der Waals surface area contributed by atoms with Crippen LogP contribution < -0.4 is 0 Å². The fourth-order valence-corrected chi connectivity index (χ4v) is 3.34. The van der Waals surface area contributed by atoms with Crippen LogP contribution >= 0.6 is 0 Å². The molecule has 1 atom stereocenters. The molecule has 0 unspecified atom stereocenters. The zero-order chi connectivity index (χ0) is 18.2. The topological polar surface area (TPSA) is 26.8 Å². The molecule has 0 aliphatic carbocycles. The smallest absolute Gasteiger partial charge is 0.223 e. The molecule has 0 radical (unpaired) electrons. The summed E-state index contributed by atoms with van der Waals surface area (Å²) in [6, 6.07) is 8.74. The number of benzene rings is 1. The second-order valence-electron chi connectivity index (χ2n) is 7.22. The van der Waals surface area contributed by atoms with Crippen molar-refractivity contribution in [3.05, 3.63) is 48.0 Å². The maximum Gasteiger partial charge on any atom is 0.223 e. The predicted molar refractivity (Wildman–Crippen MR) is 105 cm³/mol. The summed E-state index contributed by atoms with van der Waals surface area (Å²) >= 11 is 0. The molecule has 1 saturated heterocycles. The molecule has 0 spiro atoms. The molecule has 1 aromatic rings. The van der Waals surface area contributed by atoms with Gasteiger partial charge in [-0.15, -0.1) is 6.58 Å². The van der Waals surface area contributed by atoms with Gasteiger partial charge < -0.3 is 9.80 Å². The van der Waals surface area contributed by atoms with Gasteiger partial charge in [0, 0.05) is 51.7 Å². The van der Waals surface area contributed by atoms with Crippen molar-refractivity contribution in [3.63, 3.8) is 0 Å². The Kier molecular flexibility index (Phi) is 7.66. The molecule has 0 aromatic heterocycles. The number of carbonyl (C=O) groups is 1. The summed E-state index contributed by atoms with van der Waals surface area (Å²) in [6.07, 6.45) is 3.34. The summed E-state index contributed by atoms with van der Waals surface area (Å²) in [7, 11) is 2.17. The lowest BCUT2D eigenvalue weighted by Crippen LogP contribution is -2.48. The second kappa shape index (κ2) is 9.73. The summed E-state index contributed by atoms with van der Waals surface area (Å²) < 4.78 is 0. The monoisotopic (exact) mass is 343 g/mol. The number of hydrogen-bond donors (Lipinski definition) is 0. The quantitative estimate of drug-likeness (QED) is 0.679. The first-order chi connectivity index (χ1) is 12.0. The van der Waals surface area contributed by atoms with Gasteiger partial charge in [0.05, 0.1) is 0 Å². The van der Waals surface area contributed by atoms with Gasteiger partial charge in [-0.25, -0.2) is 0 Å². The lowest BCUT2D eigenvalue weighted by atomic mass is 10.1. The lowest BCUT2D eigenvalue weighted by molar-refractivity contribution is -0.131. The van der Waals surface area contributed by atoms with Gasteiger partial charge in [0.2, 0.25) is 5.91 Å². The van der Waals surface area contributed by atoms with Gasteiger partial charge in [0.15, 0.2) is 0 Å². The van der Waals surface area contributed by atoms with Gasteiger partial charge in [0.25, 0.3) is 0 Å². The molecular formula is C21H33N3O. The number of rotatable bonds is 8. The first kappa shape index (κ1) is 19.7.